The molecule has 0 saturated heterocycles. The van der Waals surface area contributed by atoms with Gasteiger partial charge in [0.25, 0.3) is 0 Å². The van der Waals surface area contributed by atoms with Crippen LogP contribution >= 0.6 is 0 Å². The number of carboxylic acids is 1. The van der Waals surface area contributed by atoms with Gasteiger partial charge < -0.3 is 19.3 Å². The highest BCUT2D eigenvalue weighted by molar-refractivity contribution is 5.94. The summed E-state index contributed by atoms with van der Waals surface area (Å²) < 4.78 is 15.3. The molecule has 0 unspecified atom stereocenters. The van der Waals surface area contributed by atoms with Crippen LogP contribution in [0, 0.1) is 0 Å². The first-order valence-corrected chi connectivity index (χ1v) is 4.79. The monoisotopic (exact) mass is 238 g/mol. The smallest absolute Gasteiger partial charge is 0.339 e. The van der Waals surface area contributed by atoms with Crippen LogP contribution in [0.25, 0.3) is 6.08 Å². The van der Waals surface area contributed by atoms with Gasteiger partial charge >= 0.3 is 5.97 Å². The van der Waals surface area contributed by atoms with Gasteiger partial charge in [-0.3, -0.25) is 0 Å². The summed E-state index contributed by atoms with van der Waals surface area (Å²) in [4.78, 5) is 11.1. The number of ether oxygens (including phenoxy) is 3. The van der Waals surface area contributed by atoms with Crippen LogP contribution in [0.3, 0.4) is 0 Å². The van der Waals surface area contributed by atoms with Crippen molar-refractivity contribution in [2.75, 3.05) is 21.3 Å². The number of carboxylic acid groups (broad SMARTS) is 1. The Kier molecular flexibility index (Phi) is 3.98. The van der Waals surface area contributed by atoms with Crippen molar-refractivity contribution in [1.82, 2.24) is 0 Å². The van der Waals surface area contributed by atoms with Crippen molar-refractivity contribution in [1.29, 1.82) is 0 Å². The third-order valence-electron chi connectivity index (χ3n) is 2.30. The maximum Gasteiger partial charge on any atom is 0.339 e. The average molecular weight is 238 g/mol. The third kappa shape index (κ3) is 2.18. The van der Waals surface area contributed by atoms with E-state index in [1.54, 1.807) is 0 Å². The number of hydrogen-bond donors (Lipinski definition) is 1. The number of benzene rings is 1. The largest absolute Gasteiger partial charge is 0.495 e. The molecular weight excluding hydrogens is 224 g/mol. The summed E-state index contributed by atoms with van der Waals surface area (Å²) in [5, 5.41) is 9.09. The molecule has 17 heavy (non-hydrogen) atoms. The van der Waals surface area contributed by atoms with Gasteiger partial charge in [-0.2, -0.15) is 0 Å². The Morgan fingerprint density at radius 1 is 1.24 bits per heavy atom. The van der Waals surface area contributed by atoms with E-state index >= 15 is 0 Å². The average Bonchev–Trinajstić information content (AvgIpc) is 2.35. The van der Waals surface area contributed by atoms with E-state index in [4.69, 9.17) is 19.3 Å². The number of rotatable bonds is 5. The summed E-state index contributed by atoms with van der Waals surface area (Å²) in [5.41, 5.74) is 0.451. The number of methoxy groups -OCH3 is 3. The number of carbonyl (C=O) groups is 1. The first kappa shape index (κ1) is 12.9. The van der Waals surface area contributed by atoms with E-state index in [0.29, 0.717) is 17.1 Å². The van der Waals surface area contributed by atoms with E-state index in [2.05, 4.69) is 6.58 Å². The molecule has 1 rings (SSSR count). The third-order valence-corrected chi connectivity index (χ3v) is 2.30. The van der Waals surface area contributed by atoms with E-state index in [9.17, 15) is 4.79 Å². The molecule has 0 atom stereocenters. The van der Waals surface area contributed by atoms with Crippen LogP contribution in [0.5, 0.6) is 17.2 Å². The van der Waals surface area contributed by atoms with Gasteiger partial charge in [-0.1, -0.05) is 12.7 Å². The molecule has 0 aliphatic carbocycles. The van der Waals surface area contributed by atoms with Crippen molar-refractivity contribution in [2.24, 2.45) is 0 Å². The molecule has 0 heterocycles. The minimum Gasteiger partial charge on any atom is -0.495 e. The predicted molar refractivity (Wildman–Crippen MR) is 63.1 cm³/mol. The summed E-state index contributed by atoms with van der Waals surface area (Å²) in [5.74, 6) is -0.194. The van der Waals surface area contributed by atoms with Gasteiger partial charge in [-0.05, 0) is 0 Å². The fraction of sp³-hybridized carbons (Fsp3) is 0.250. The Labute approximate surface area is 99.2 Å². The van der Waals surface area contributed by atoms with Crippen LogP contribution in [-0.4, -0.2) is 32.4 Å². The lowest BCUT2D eigenvalue weighted by Crippen LogP contribution is -2.05. The van der Waals surface area contributed by atoms with E-state index in [-0.39, 0.29) is 11.3 Å². The minimum absolute atomic E-state index is 0.0000463. The Hall–Kier alpha value is -2.17. The molecule has 1 aromatic carbocycles. The molecule has 1 N–H and O–H groups in total. The van der Waals surface area contributed by atoms with Gasteiger partial charge in [0.1, 0.15) is 11.3 Å². The van der Waals surface area contributed by atoms with E-state index < -0.39 is 5.97 Å². The summed E-state index contributed by atoms with van der Waals surface area (Å²) >= 11 is 0. The molecule has 1 aromatic rings. The van der Waals surface area contributed by atoms with Crippen molar-refractivity contribution in [3.8, 4) is 17.2 Å². The first-order valence-electron chi connectivity index (χ1n) is 4.79. The van der Waals surface area contributed by atoms with E-state index in [0.717, 1.165) is 0 Å². The molecule has 92 valence electrons. The summed E-state index contributed by atoms with van der Waals surface area (Å²) in [6, 6.07) is 1.35. The van der Waals surface area contributed by atoms with Gasteiger partial charge in [0.2, 0.25) is 0 Å². The Bertz CT molecular complexity index is 451. The Morgan fingerprint density at radius 3 is 2.18 bits per heavy atom. The maximum atomic E-state index is 11.1. The molecule has 0 aromatic heterocycles. The lowest BCUT2D eigenvalue weighted by molar-refractivity contribution is 0.0692. The predicted octanol–water partition coefficient (Wildman–Crippen LogP) is 2.05. The zero-order chi connectivity index (χ0) is 13.0. The van der Waals surface area contributed by atoms with Crippen LogP contribution in [0.15, 0.2) is 12.6 Å². The second-order valence-corrected chi connectivity index (χ2v) is 3.12. The molecular formula is C12H14O5. The van der Waals surface area contributed by atoms with Crippen LogP contribution in [0.1, 0.15) is 15.9 Å². The topological polar surface area (TPSA) is 65.0 Å². The molecule has 0 aliphatic heterocycles. The molecule has 5 heteroatoms. The lowest BCUT2D eigenvalue weighted by Gasteiger charge is -2.16. The van der Waals surface area contributed by atoms with Gasteiger partial charge in [0.05, 0.1) is 26.9 Å². The summed E-state index contributed by atoms with van der Waals surface area (Å²) in [6.07, 6.45) is 1.46. The Balaban J connectivity index is 3.66. The van der Waals surface area contributed by atoms with Crippen LogP contribution in [-0.2, 0) is 0 Å². The molecule has 0 bridgehead atoms. The molecule has 0 amide bonds. The number of aromatic carboxylic acids is 1. The summed E-state index contributed by atoms with van der Waals surface area (Å²) in [6.45, 7) is 3.62. The van der Waals surface area contributed by atoms with E-state index in [1.807, 2.05) is 0 Å². The van der Waals surface area contributed by atoms with Gasteiger partial charge in [0.15, 0.2) is 11.5 Å². The van der Waals surface area contributed by atoms with Crippen molar-refractivity contribution in [3.63, 3.8) is 0 Å². The molecule has 0 aliphatic rings. The molecule has 0 spiro atoms. The highest BCUT2D eigenvalue weighted by atomic mass is 16.5. The SMILES string of the molecule is C=Cc1c(OC)c(OC)cc(C(=O)O)c1OC. The van der Waals surface area contributed by atoms with E-state index in [1.165, 1.54) is 33.5 Å². The fourth-order valence-electron chi connectivity index (χ4n) is 1.57. The first-order chi connectivity index (χ1) is 8.10. The zero-order valence-electron chi connectivity index (χ0n) is 9.94. The maximum absolute atomic E-state index is 11.1. The van der Waals surface area contributed by atoms with Gasteiger partial charge in [0, 0.05) is 6.07 Å². The standard InChI is InChI=1S/C12H14O5/c1-5-7-10(16-3)8(12(13)14)6-9(15-2)11(7)17-4/h5-6H,1H2,2-4H3,(H,13,14). The van der Waals surface area contributed by atoms with Crippen LogP contribution < -0.4 is 14.2 Å². The molecule has 0 radical (unpaired) electrons. The molecule has 5 nitrogen and oxygen atoms in total. The van der Waals surface area contributed by atoms with Crippen LogP contribution in [0.2, 0.25) is 0 Å². The van der Waals surface area contributed by atoms with Crippen molar-refractivity contribution < 1.29 is 24.1 Å². The molecule has 0 saturated carbocycles. The molecule has 0 fully saturated rings. The summed E-state index contributed by atoms with van der Waals surface area (Å²) in [7, 11) is 4.29. The van der Waals surface area contributed by atoms with Crippen LogP contribution in [0.4, 0.5) is 0 Å². The minimum atomic E-state index is -1.11. The van der Waals surface area contributed by atoms with Crippen molar-refractivity contribution in [2.45, 2.75) is 0 Å². The second kappa shape index (κ2) is 5.25. The zero-order valence-corrected chi connectivity index (χ0v) is 9.94. The quantitative estimate of drug-likeness (QED) is 0.850. The normalized spacial score (nSPS) is 9.59. The highest BCUT2D eigenvalue weighted by Crippen LogP contribution is 2.40. The second-order valence-electron chi connectivity index (χ2n) is 3.12. The van der Waals surface area contributed by atoms with Crippen molar-refractivity contribution in [3.05, 3.63) is 23.8 Å². The highest BCUT2D eigenvalue weighted by Gasteiger charge is 2.22. The lowest BCUT2D eigenvalue weighted by atomic mass is 10.1. The Morgan fingerprint density at radius 2 is 1.82 bits per heavy atom. The number of hydrogen-bond acceptors (Lipinski definition) is 4. The van der Waals surface area contributed by atoms with Gasteiger partial charge in [-0.25, -0.2) is 4.79 Å². The fourth-order valence-corrected chi connectivity index (χ4v) is 1.57. The van der Waals surface area contributed by atoms with Gasteiger partial charge in [-0.15, -0.1) is 0 Å². The van der Waals surface area contributed by atoms with Crippen molar-refractivity contribution >= 4 is 12.0 Å².